The van der Waals surface area contributed by atoms with Crippen molar-refractivity contribution in [2.45, 2.75) is 0 Å². The molecule has 2 aromatic heterocycles. The number of aliphatic hydroxyl groups is 1. The second-order valence-electron chi connectivity index (χ2n) is 2.85. The average molecular weight is 244 g/mol. The van der Waals surface area contributed by atoms with Gasteiger partial charge in [-0.1, -0.05) is 17.9 Å². The zero-order valence-electron chi connectivity index (χ0n) is 8.36. The van der Waals surface area contributed by atoms with Crippen molar-refractivity contribution in [2.24, 2.45) is 0 Å². The van der Waals surface area contributed by atoms with Gasteiger partial charge in [0.1, 0.15) is 6.61 Å². The van der Waals surface area contributed by atoms with E-state index in [2.05, 4.69) is 23.7 Å². The number of rotatable bonds is 0. The Morgan fingerprint density at radius 2 is 1.75 bits per heavy atom. The Balaban J connectivity index is 2.14. The first kappa shape index (κ1) is 11.0. The first-order valence-electron chi connectivity index (χ1n) is 4.63. The van der Waals surface area contributed by atoms with Crippen molar-refractivity contribution < 1.29 is 5.11 Å². The maximum Gasteiger partial charge on any atom is 0.104 e. The smallest absolute Gasteiger partial charge is 0.104 e. The molecule has 0 saturated heterocycles. The molecule has 1 N–H and O–H groups in total. The van der Waals surface area contributed by atoms with Gasteiger partial charge >= 0.3 is 0 Å². The van der Waals surface area contributed by atoms with E-state index in [-0.39, 0.29) is 6.61 Å². The second-order valence-corrected chi connectivity index (χ2v) is 4.88. The highest BCUT2D eigenvalue weighted by atomic mass is 32.1. The van der Waals surface area contributed by atoms with E-state index in [0.29, 0.717) is 0 Å². The Kier molecular flexibility index (Phi) is 3.80. The standard InChI is InChI=1S/C13H8OS2/c14-9-1-3-12-7-8-13(16-12)6-5-11-4-2-10-15-11/h2,4,7-8,10,14H,9H2. The average Bonchev–Trinajstić information content (AvgIpc) is 2.95. The molecule has 2 aromatic rings. The predicted octanol–water partition coefficient (Wildman–Crippen LogP) is 2.55. The zero-order chi connectivity index (χ0) is 11.2. The molecule has 0 saturated carbocycles. The molecule has 1 nitrogen and oxygen atoms in total. The van der Waals surface area contributed by atoms with Crippen LogP contribution in [0.4, 0.5) is 0 Å². The molecule has 0 unspecified atom stereocenters. The van der Waals surface area contributed by atoms with E-state index in [1.165, 1.54) is 0 Å². The number of aliphatic hydroxyl groups excluding tert-OH is 1. The minimum Gasteiger partial charge on any atom is -0.384 e. The lowest BCUT2D eigenvalue weighted by Crippen LogP contribution is -1.70. The monoisotopic (exact) mass is 244 g/mol. The highest BCUT2D eigenvalue weighted by molar-refractivity contribution is 7.13. The fraction of sp³-hybridized carbons (Fsp3) is 0.0769. The Bertz CT molecular complexity index is 571. The summed E-state index contributed by atoms with van der Waals surface area (Å²) in [6.45, 7) is -0.103. The Labute approximate surface area is 102 Å². The molecule has 3 heteroatoms. The molecule has 0 spiro atoms. The molecule has 0 aliphatic rings. The molecule has 0 fully saturated rings. The molecular weight excluding hydrogens is 236 g/mol. The SMILES string of the molecule is OCC#Cc1ccc(C#Cc2cccs2)s1. The van der Waals surface area contributed by atoms with Crippen molar-refractivity contribution in [2.75, 3.05) is 6.61 Å². The van der Waals surface area contributed by atoms with Crippen LogP contribution in [-0.2, 0) is 0 Å². The lowest BCUT2D eigenvalue weighted by Gasteiger charge is -1.78. The van der Waals surface area contributed by atoms with Crippen LogP contribution in [0.3, 0.4) is 0 Å². The van der Waals surface area contributed by atoms with Crippen LogP contribution in [0.1, 0.15) is 14.6 Å². The molecule has 2 heterocycles. The minimum absolute atomic E-state index is 0.103. The lowest BCUT2D eigenvalue weighted by molar-refractivity contribution is 0.350. The first-order valence-corrected chi connectivity index (χ1v) is 6.33. The summed E-state index contributed by atoms with van der Waals surface area (Å²) in [5, 5.41) is 10.6. The molecular formula is C13H8OS2. The molecule has 0 bridgehead atoms. The summed E-state index contributed by atoms with van der Waals surface area (Å²) in [6, 6.07) is 7.86. The summed E-state index contributed by atoms with van der Waals surface area (Å²) in [5.41, 5.74) is 0. The summed E-state index contributed by atoms with van der Waals surface area (Å²) in [6.07, 6.45) is 0. The van der Waals surface area contributed by atoms with E-state index < -0.39 is 0 Å². The third-order valence-electron chi connectivity index (χ3n) is 1.73. The number of hydrogen-bond donors (Lipinski definition) is 1. The van der Waals surface area contributed by atoms with Crippen molar-refractivity contribution in [3.63, 3.8) is 0 Å². The minimum atomic E-state index is -0.103. The van der Waals surface area contributed by atoms with E-state index in [4.69, 9.17) is 5.11 Å². The van der Waals surface area contributed by atoms with Crippen LogP contribution >= 0.6 is 22.7 Å². The van der Waals surface area contributed by atoms with Gasteiger partial charge in [0.05, 0.1) is 14.6 Å². The van der Waals surface area contributed by atoms with E-state index in [9.17, 15) is 0 Å². The quantitative estimate of drug-likeness (QED) is 0.706. The molecule has 78 valence electrons. The van der Waals surface area contributed by atoms with Gasteiger partial charge in [0.25, 0.3) is 0 Å². The lowest BCUT2D eigenvalue weighted by atomic mass is 10.4. The van der Waals surface area contributed by atoms with Crippen LogP contribution < -0.4 is 0 Å². The van der Waals surface area contributed by atoms with E-state index >= 15 is 0 Å². The van der Waals surface area contributed by atoms with Crippen molar-refractivity contribution >= 4 is 22.7 Å². The number of hydrogen-bond acceptors (Lipinski definition) is 3. The molecule has 0 atom stereocenters. The van der Waals surface area contributed by atoms with Gasteiger partial charge in [-0.3, -0.25) is 0 Å². The Morgan fingerprint density at radius 3 is 2.44 bits per heavy atom. The molecule has 0 aliphatic heterocycles. The summed E-state index contributed by atoms with van der Waals surface area (Å²) < 4.78 is 0. The van der Waals surface area contributed by atoms with Crippen LogP contribution in [0.15, 0.2) is 29.6 Å². The zero-order valence-corrected chi connectivity index (χ0v) is 9.99. The maximum absolute atomic E-state index is 8.57. The number of thiophene rings is 2. The van der Waals surface area contributed by atoms with Gasteiger partial charge in [-0.2, -0.15) is 0 Å². The Hall–Kier alpha value is -1.52. The van der Waals surface area contributed by atoms with Gasteiger partial charge in [0.2, 0.25) is 0 Å². The molecule has 0 aliphatic carbocycles. The first-order chi connectivity index (χ1) is 7.88. The maximum atomic E-state index is 8.57. The molecule has 0 radical (unpaired) electrons. The summed E-state index contributed by atoms with van der Waals surface area (Å²) >= 11 is 3.17. The Morgan fingerprint density at radius 1 is 1.00 bits per heavy atom. The summed E-state index contributed by atoms with van der Waals surface area (Å²) in [7, 11) is 0. The van der Waals surface area contributed by atoms with Gasteiger partial charge in [0.15, 0.2) is 0 Å². The fourth-order valence-electron chi connectivity index (χ4n) is 1.07. The van der Waals surface area contributed by atoms with Gasteiger partial charge in [-0.25, -0.2) is 0 Å². The van der Waals surface area contributed by atoms with Crippen LogP contribution in [0.25, 0.3) is 0 Å². The molecule has 2 rings (SSSR count). The molecule has 16 heavy (non-hydrogen) atoms. The largest absolute Gasteiger partial charge is 0.384 e. The van der Waals surface area contributed by atoms with E-state index in [0.717, 1.165) is 14.6 Å². The highest BCUT2D eigenvalue weighted by Crippen LogP contribution is 2.14. The van der Waals surface area contributed by atoms with Gasteiger partial charge in [-0.05, 0) is 35.4 Å². The van der Waals surface area contributed by atoms with Crippen LogP contribution in [0, 0.1) is 23.7 Å². The van der Waals surface area contributed by atoms with Crippen LogP contribution in [0.2, 0.25) is 0 Å². The van der Waals surface area contributed by atoms with Crippen molar-refractivity contribution in [1.29, 1.82) is 0 Å². The predicted molar refractivity (Wildman–Crippen MR) is 68.6 cm³/mol. The topological polar surface area (TPSA) is 20.2 Å². The highest BCUT2D eigenvalue weighted by Gasteiger charge is 1.93. The summed E-state index contributed by atoms with van der Waals surface area (Å²) in [5.74, 6) is 11.7. The van der Waals surface area contributed by atoms with Crippen molar-refractivity contribution in [3.05, 3.63) is 44.3 Å². The third kappa shape index (κ3) is 2.98. The summed E-state index contributed by atoms with van der Waals surface area (Å²) in [4.78, 5) is 3.00. The normalized spacial score (nSPS) is 8.81. The van der Waals surface area contributed by atoms with Crippen molar-refractivity contribution in [1.82, 2.24) is 0 Å². The molecule has 0 aromatic carbocycles. The third-order valence-corrected chi connectivity index (χ3v) is 3.43. The van der Waals surface area contributed by atoms with Gasteiger partial charge < -0.3 is 5.11 Å². The van der Waals surface area contributed by atoms with Crippen LogP contribution in [0.5, 0.6) is 0 Å². The second kappa shape index (κ2) is 5.53. The van der Waals surface area contributed by atoms with E-state index in [1.54, 1.807) is 22.7 Å². The van der Waals surface area contributed by atoms with Gasteiger partial charge in [0, 0.05) is 0 Å². The van der Waals surface area contributed by atoms with Crippen molar-refractivity contribution in [3.8, 4) is 23.7 Å². The molecule has 0 amide bonds. The van der Waals surface area contributed by atoms with E-state index in [1.807, 2.05) is 29.6 Å². The van der Waals surface area contributed by atoms with Gasteiger partial charge in [-0.15, -0.1) is 22.7 Å². The van der Waals surface area contributed by atoms with Crippen LogP contribution in [-0.4, -0.2) is 11.7 Å². The fourth-order valence-corrected chi connectivity index (χ4v) is 2.38.